The van der Waals surface area contributed by atoms with E-state index in [9.17, 15) is 0 Å². The van der Waals surface area contributed by atoms with Crippen molar-refractivity contribution in [2.75, 3.05) is 38.3 Å². The predicted octanol–water partition coefficient (Wildman–Crippen LogP) is 2.03. The van der Waals surface area contributed by atoms with Crippen molar-refractivity contribution in [3.05, 3.63) is 11.4 Å². The normalized spacial score (nSPS) is 17.2. The maximum absolute atomic E-state index is 4.52. The highest BCUT2D eigenvalue weighted by Crippen LogP contribution is 2.36. The highest BCUT2D eigenvalue weighted by atomic mass is 15.2. The molecule has 0 saturated heterocycles. The molecule has 0 bridgehead atoms. The van der Waals surface area contributed by atoms with E-state index in [0.717, 1.165) is 29.6 Å². The first kappa shape index (κ1) is 14.1. The van der Waals surface area contributed by atoms with Crippen LogP contribution in [0.3, 0.4) is 0 Å². The number of nitrogens with one attached hydrogen (secondary N) is 2. The lowest BCUT2D eigenvalue weighted by Gasteiger charge is -2.47. The van der Waals surface area contributed by atoms with Gasteiger partial charge in [-0.05, 0) is 47.2 Å². The topological polar surface area (TPSA) is 53.1 Å². The average molecular weight is 263 g/mol. The molecule has 0 atom stereocenters. The molecule has 1 fully saturated rings. The molecule has 1 aromatic rings. The number of hydrogen-bond acceptors (Lipinski definition) is 5. The van der Waals surface area contributed by atoms with Gasteiger partial charge < -0.3 is 15.5 Å². The summed E-state index contributed by atoms with van der Waals surface area (Å²) < 4.78 is 0. The van der Waals surface area contributed by atoms with E-state index in [4.69, 9.17) is 0 Å². The molecule has 1 aliphatic carbocycles. The second-order valence-corrected chi connectivity index (χ2v) is 5.67. The van der Waals surface area contributed by atoms with Crippen molar-refractivity contribution in [3.8, 4) is 0 Å². The van der Waals surface area contributed by atoms with E-state index in [1.165, 1.54) is 19.3 Å². The molecular formula is C14H25N5. The Kier molecular flexibility index (Phi) is 3.94. The predicted molar refractivity (Wildman–Crippen MR) is 79.8 cm³/mol. The van der Waals surface area contributed by atoms with Crippen LogP contribution in [-0.4, -0.2) is 48.1 Å². The van der Waals surface area contributed by atoms with Gasteiger partial charge in [0.1, 0.15) is 17.5 Å². The van der Waals surface area contributed by atoms with Gasteiger partial charge in [-0.1, -0.05) is 0 Å². The maximum Gasteiger partial charge on any atom is 0.134 e. The van der Waals surface area contributed by atoms with E-state index in [1.807, 2.05) is 14.0 Å². The molecule has 0 amide bonds. The first-order valence-corrected chi connectivity index (χ1v) is 6.93. The summed E-state index contributed by atoms with van der Waals surface area (Å²) in [5.41, 5.74) is 1.38. The minimum absolute atomic E-state index is 0.297. The zero-order chi connectivity index (χ0) is 14.0. The lowest BCUT2D eigenvalue weighted by molar-refractivity contribution is 0.0738. The summed E-state index contributed by atoms with van der Waals surface area (Å²) in [5, 5.41) is 6.64. The smallest absolute Gasteiger partial charge is 0.134 e. The lowest BCUT2D eigenvalue weighted by Crippen LogP contribution is -2.54. The molecular weight excluding hydrogens is 238 g/mol. The Labute approximate surface area is 115 Å². The minimum Gasteiger partial charge on any atom is -0.373 e. The number of anilines is 2. The Morgan fingerprint density at radius 2 is 1.79 bits per heavy atom. The molecule has 0 spiro atoms. The quantitative estimate of drug-likeness (QED) is 0.851. The second-order valence-electron chi connectivity index (χ2n) is 5.67. The Morgan fingerprint density at radius 1 is 1.16 bits per heavy atom. The minimum atomic E-state index is 0.297. The van der Waals surface area contributed by atoms with Crippen molar-refractivity contribution in [2.24, 2.45) is 0 Å². The van der Waals surface area contributed by atoms with Gasteiger partial charge in [0, 0.05) is 24.7 Å². The largest absolute Gasteiger partial charge is 0.373 e. The molecule has 2 rings (SSSR count). The summed E-state index contributed by atoms with van der Waals surface area (Å²) in [4.78, 5) is 11.3. The fraction of sp³-hybridized carbons (Fsp3) is 0.714. The number of aromatic nitrogens is 2. The molecule has 0 radical (unpaired) electrons. The molecule has 1 saturated carbocycles. The van der Waals surface area contributed by atoms with Crippen molar-refractivity contribution in [2.45, 2.75) is 38.6 Å². The molecule has 19 heavy (non-hydrogen) atoms. The van der Waals surface area contributed by atoms with E-state index >= 15 is 0 Å². The number of nitrogens with zero attached hydrogens (tertiary/aromatic N) is 3. The Hall–Kier alpha value is -1.36. The van der Waals surface area contributed by atoms with Crippen LogP contribution in [0.15, 0.2) is 0 Å². The molecule has 0 aliphatic heterocycles. The lowest BCUT2D eigenvalue weighted by atomic mass is 9.75. The van der Waals surface area contributed by atoms with Gasteiger partial charge in [-0.25, -0.2) is 9.97 Å². The Morgan fingerprint density at radius 3 is 2.26 bits per heavy atom. The monoisotopic (exact) mass is 263 g/mol. The average Bonchev–Trinajstić information content (AvgIpc) is 2.31. The summed E-state index contributed by atoms with van der Waals surface area (Å²) in [6, 6.07) is 0. The third-order valence-electron chi connectivity index (χ3n) is 4.31. The zero-order valence-corrected chi connectivity index (χ0v) is 12.7. The van der Waals surface area contributed by atoms with Crippen LogP contribution in [0.2, 0.25) is 0 Å². The summed E-state index contributed by atoms with van der Waals surface area (Å²) in [5.74, 6) is 2.65. The van der Waals surface area contributed by atoms with E-state index in [0.29, 0.717) is 5.54 Å². The van der Waals surface area contributed by atoms with Crippen LogP contribution < -0.4 is 10.6 Å². The van der Waals surface area contributed by atoms with E-state index in [-0.39, 0.29) is 0 Å². The summed E-state index contributed by atoms with van der Waals surface area (Å²) in [7, 11) is 6.22. The standard InChI is InChI=1S/C14H25N5/c1-10-12(15-3)17-11(2)18-13(10)16-9-14(19(4)5)7-6-8-14/h6-9H2,1-5H3,(H2,15,16,17,18). The van der Waals surface area contributed by atoms with Crippen LogP contribution >= 0.6 is 0 Å². The van der Waals surface area contributed by atoms with Gasteiger partial charge in [0.05, 0.1) is 0 Å². The van der Waals surface area contributed by atoms with Crippen molar-refractivity contribution < 1.29 is 0 Å². The third kappa shape index (κ3) is 2.66. The van der Waals surface area contributed by atoms with E-state index in [2.05, 4.69) is 46.5 Å². The fourth-order valence-electron chi connectivity index (χ4n) is 2.66. The van der Waals surface area contributed by atoms with Gasteiger partial charge in [-0.15, -0.1) is 0 Å². The highest BCUT2D eigenvalue weighted by Gasteiger charge is 2.38. The van der Waals surface area contributed by atoms with Crippen molar-refractivity contribution in [1.29, 1.82) is 0 Å². The number of likely N-dealkylation sites (N-methyl/N-ethyl adjacent to an activating group) is 1. The first-order valence-electron chi connectivity index (χ1n) is 6.93. The van der Waals surface area contributed by atoms with Crippen molar-refractivity contribution in [1.82, 2.24) is 14.9 Å². The summed E-state index contributed by atoms with van der Waals surface area (Å²) in [6.45, 7) is 4.92. The van der Waals surface area contributed by atoms with Gasteiger partial charge >= 0.3 is 0 Å². The number of rotatable bonds is 5. The van der Waals surface area contributed by atoms with Gasteiger partial charge in [-0.3, -0.25) is 0 Å². The molecule has 5 nitrogen and oxygen atoms in total. The van der Waals surface area contributed by atoms with Crippen molar-refractivity contribution >= 4 is 11.6 Å². The first-order chi connectivity index (χ1) is 8.98. The molecule has 106 valence electrons. The molecule has 5 heteroatoms. The van der Waals surface area contributed by atoms with Crippen molar-refractivity contribution in [3.63, 3.8) is 0 Å². The number of aryl methyl sites for hydroxylation is 1. The SMILES string of the molecule is CNc1nc(C)nc(NCC2(N(C)C)CCC2)c1C. The van der Waals surface area contributed by atoms with Gasteiger partial charge in [-0.2, -0.15) is 0 Å². The summed E-state index contributed by atoms with van der Waals surface area (Å²) >= 11 is 0. The molecule has 1 heterocycles. The van der Waals surface area contributed by atoms with Gasteiger partial charge in [0.2, 0.25) is 0 Å². The van der Waals surface area contributed by atoms with Gasteiger partial charge in [0.15, 0.2) is 0 Å². The van der Waals surface area contributed by atoms with Gasteiger partial charge in [0.25, 0.3) is 0 Å². The van der Waals surface area contributed by atoms with Crippen LogP contribution in [0.25, 0.3) is 0 Å². The third-order valence-corrected chi connectivity index (χ3v) is 4.31. The maximum atomic E-state index is 4.52. The van der Waals surface area contributed by atoms with Crippen LogP contribution in [-0.2, 0) is 0 Å². The molecule has 0 unspecified atom stereocenters. The second kappa shape index (κ2) is 5.33. The Bertz CT molecular complexity index is 451. The summed E-state index contributed by atoms with van der Waals surface area (Å²) in [6.07, 6.45) is 3.84. The fourth-order valence-corrected chi connectivity index (χ4v) is 2.66. The highest BCUT2D eigenvalue weighted by molar-refractivity contribution is 5.57. The molecule has 1 aliphatic rings. The Balaban J connectivity index is 2.13. The van der Waals surface area contributed by atoms with E-state index in [1.54, 1.807) is 0 Å². The molecule has 2 N–H and O–H groups in total. The molecule has 1 aromatic heterocycles. The van der Waals surface area contributed by atoms with Crippen LogP contribution in [0.1, 0.15) is 30.7 Å². The van der Waals surface area contributed by atoms with Crippen LogP contribution in [0.4, 0.5) is 11.6 Å². The zero-order valence-electron chi connectivity index (χ0n) is 12.7. The van der Waals surface area contributed by atoms with Crippen LogP contribution in [0.5, 0.6) is 0 Å². The molecule has 0 aromatic carbocycles. The number of hydrogen-bond donors (Lipinski definition) is 2. The van der Waals surface area contributed by atoms with E-state index < -0.39 is 0 Å². The van der Waals surface area contributed by atoms with Crippen LogP contribution in [0, 0.1) is 13.8 Å².